The Bertz CT molecular complexity index is 273. The van der Waals surface area contributed by atoms with Crippen LogP contribution in [0.3, 0.4) is 0 Å². The zero-order valence-electron chi connectivity index (χ0n) is 8.23. The monoisotopic (exact) mass is 306 g/mol. The number of hydrogen-bond acceptors (Lipinski definition) is 1. The summed E-state index contributed by atoms with van der Waals surface area (Å²) < 4.78 is 2.11. The Balaban J connectivity index is 1.96. The van der Waals surface area contributed by atoms with Crippen LogP contribution < -0.4 is 3.61 Å². The number of benzene rings is 1. The third-order valence-corrected chi connectivity index (χ3v) is 6.69. The fraction of sp³-hybridized carbons (Fsp3) is 0.500. The summed E-state index contributed by atoms with van der Waals surface area (Å²) in [7, 11) is 0. The summed E-state index contributed by atoms with van der Waals surface area (Å²) in [4.78, 5) is 0. The molecule has 0 aliphatic heterocycles. The maximum atomic E-state index is 9.86. The van der Waals surface area contributed by atoms with Crippen molar-refractivity contribution >= 4 is 24.5 Å². The van der Waals surface area contributed by atoms with Gasteiger partial charge in [-0.15, -0.1) is 0 Å². The number of rotatable bonds is 2. The van der Waals surface area contributed by atoms with Crippen molar-refractivity contribution in [3.8, 4) is 0 Å². The van der Waals surface area contributed by atoms with Gasteiger partial charge in [-0.25, -0.2) is 0 Å². The molecule has 1 nitrogen and oxygen atoms in total. The van der Waals surface area contributed by atoms with Crippen molar-refractivity contribution in [2.24, 2.45) is 0 Å². The van der Waals surface area contributed by atoms with Crippen LogP contribution in [-0.2, 0) is 0 Å². The van der Waals surface area contributed by atoms with E-state index >= 15 is 0 Å². The number of hydrogen-bond donors (Lipinski definition) is 1. The van der Waals surface area contributed by atoms with Crippen molar-refractivity contribution in [1.82, 2.24) is 0 Å². The Labute approximate surface area is 95.6 Å². The molecule has 1 aromatic carbocycles. The Morgan fingerprint density at radius 3 is 2.50 bits per heavy atom. The van der Waals surface area contributed by atoms with E-state index in [0.29, 0.717) is 3.97 Å². The standard InChI is InChI=1S/C12H16OTe/c13-11-8-4-5-9-12(11)14-10-6-2-1-3-7-10/h1-3,6-7,11-13H,4-5,8-9H2. The molecule has 2 atom stereocenters. The van der Waals surface area contributed by atoms with Crippen LogP contribution in [0.15, 0.2) is 30.3 Å². The summed E-state index contributed by atoms with van der Waals surface area (Å²) in [6, 6.07) is 10.7. The van der Waals surface area contributed by atoms with Crippen molar-refractivity contribution in [3.05, 3.63) is 30.3 Å². The van der Waals surface area contributed by atoms with Crippen LogP contribution in [0.1, 0.15) is 25.7 Å². The molecule has 1 fully saturated rings. The second kappa shape index (κ2) is 5.16. The summed E-state index contributed by atoms with van der Waals surface area (Å²) in [6.07, 6.45) is 4.81. The van der Waals surface area contributed by atoms with Gasteiger partial charge in [0.05, 0.1) is 0 Å². The van der Waals surface area contributed by atoms with Crippen molar-refractivity contribution in [2.75, 3.05) is 0 Å². The van der Waals surface area contributed by atoms with E-state index in [9.17, 15) is 5.11 Å². The third kappa shape index (κ3) is 2.73. The zero-order valence-corrected chi connectivity index (χ0v) is 10.6. The molecule has 0 spiro atoms. The molecule has 0 aromatic heterocycles. The Morgan fingerprint density at radius 1 is 1.07 bits per heavy atom. The molecule has 1 aliphatic carbocycles. The van der Waals surface area contributed by atoms with Gasteiger partial charge < -0.3 is 0 Å². The van der Waals surface area contributed by atoms with Crippen LogP contribution in [0.4, 0.5) is 0 Å². The van der Waals surface area contributed by atoms with Crippen LogP contribution in [0, 0.1) is 0 Å². The minimum atomic E-state index is -0.172. The van der Waals surface area contributed by atoms with Gasteiger partial charge in [0.15, 0.2) is 0 Å². The van der Waals surface area contributed by atoms with Gasteiger partial charge in [-0.3, -0.25) is 0 Å². The topological polar surface area (TPSA) is 20.2 Å². The van der Waals surface area contributed by atoms with Gasteiger partial charge in [-0.05, 0) is 0 Å². The second-order valence-electron chi connectivity index (χ2n) is 3.82. The predicted octanol–water partition coefficient (Wildman–Crippen LogP) is 1.74. The van der Waals surface area contributed by atoms with E-state index in [1.807, 2.05) is 0 Å². The van der Waals surface area contributed by atoms with Crippen LogP contribution in [0.25, 0.3) is 0 Å². The third-order valence-electron chi connectivity index (χ3n) is 2.70. The molecular formula is C12H16OTe. The Kier molecular flexibility index (Phi) is 3.87. The molecule has 0 bridgehead atoms. The second-order valence-corrected chi connectivity index (χ2v) is 7.57. The molecule has 0 radical (unpaired) electrons. The van der Waals surface area contributed by atoms with Gasteiger partial charge in [0.2, 0.25) is 0 Å². The van der Waals surface area contributed by atoms with Gasteiger partial charge in [0.1, 0.15) is 0 Å². The van der Waals surface area contributed by atoms with Crippen LogP contribution in [0.2, 0.25) is 3.97 Å². The predicted molar refractivity (Wildman–Crippen MR) is 60.1 cm³/mol. The molecule has 14 heavy (non-hydrogen) atoms. The zero-order chi connectivity index (χ0) is 9.80. The molecule has 2 unspecified atom stereocenters. The molecule has 1 saturated carbocycles. The molecule has 1 aromatic rings. The molecule has 1 N–H and O–H groups in total. The number of aliphatic hydroxyl groups excluding tert-OH is 1. The molecular weight excluding hydrogens is 288 g/mol. The van der Waals surface area contributed by atoms with Gasteiger partial charge >= 0.3 is 95.7 Å². The first-order valence-electron chi connectivity index (χ1n) is 5.26. The molecule has 76 valence electrons. The molecule has 0 amide bonds. The molecule has 0 saturated heterocycles. The first-order chi connectivity index (χ1) is 6.86. The fourth-order valence-corrected chi connectivity index (χ4v) is 5.43. The molecule has 2 heteroatoms. The van der Waals surface area contributed by atoms with Crippen LogP contribution >= 0.6 is 0 Å². The number of aliphatic hydroxyl groups is 1. The van der Waals surface area contributed by atoms with E-state index in [1.165, 1.54) is 22.9 Å². The van der Waals surface area contributed by atoms with Gasteiger partial charge in [0, 0.05) is 0 Å². The summed E-state index contributed by atoms with van der Waals surface area (Å²) in [6.45, 7) is 0. The first-order valence-corrected chi connectivity index (χ1v) is 7.77. The van der Waals surface area contributed by atoms with E-state index in [1.54, 1.807) is 0 Å². The first kappa shape index (κ1) is 10.5. The van der Waals surface area contributed by atoms with Gasteiger partial charge in [-0.1, -0.05) is 0 Å². The fourth-order valence-electron chi connectivity index (χ4n) is 1.89. The van der Waals surface area contributed by atoms with E-state index in [4.69, 9.17) is 0 Å². The average molecular weight is 304 g/mol. The van der Waals surface area contributed by atoms with E-state index in [-0.39, 0.29) is 27.0 Å². The van der Waals surface area contributed by atoms with E-state index < -0.39 is 0 Å². The average Bonchev–Trinajstić information content (AvgIpc) is 2.23. The summed E-state index contributed by atoms with van der Waals surface area (Å²) in [5.41, 5.74) is 0. The summed E-state index contributed by atoms with van der Waals surface area (Å²) in [5.74, 6) is 0. The molecule has 0 heterocycles. The SMILES string of the molecule is OC1CCCCC1[Te]c1ccccc1. The molecule has 1 aliphatic rings. The van der Waals surface area contributed by atoms with Crippen molar-refractivity contribution in [3.63, 3.8) is 0 Å². The maximum absolute atomic E-state index is 9.86. The van der Waals surface area contributed by atoms with Crippen molar-refractivity contribution in [2.45, 2.75) is 35.8 Å². The van der Waals surface area contributed by atoms with Crippen LogP contribution in [-0.4, -0.2) is 32.1 Å². The quantitative estimate of drug-likeness (QED) is 0.825. The van der Waals surface area contributed by atoms with Gasteiger partial charge in [0.25, 0.3) is 0 Å². The van der Waals surface area contributed by atoms with E-state index in [2.05, 4.69) is 30.3 Å². The Morgan fingerprint density at radius 2 is 1.79 bits per heavy atom. The van der Waals surface area contributed by atoms with Gasteiger partial charge in [-0.2, -0.15) is 0 Å². The van der Waals surface area contributed by atoms with Crippen molar-refractivity contribution < 1.29 is 5.11 Å². The summed E-state index contributed by atoms with van der Waals surface area (Å²) >= 11 is -0.172. The Hall–Kier alpha value is -0.0304. The van der Waals surface area contributed by atoms with Crippen molar-refractivity contribution in [1.29, 1.82) is 0 Å². The minimum absolute atomic E-state index is 0.00800. The summed E-state index contributed by atoms with van der Waals surface area (Å²) in [5, 5.41) is 9.86. The molecule has 2 rings (SSSR count). The van der Waals surface area contributed by atoms with E-state index in [0.717, 1.165) is 6.42 Å². The normalized spacial score (nSPS) is 27.5. The van der Waals surface area contributed by atoms with Crippen LogP contribution in [0.5, 0.6) is 0 Å².